The van der Waals surface area contributed by atoms with Gasteiger partial charge in [0.25, 0.3) is 0 Å². The van der Waals surface area contributed by atoms with E-state index in [4.69, 9.17) is 0 Å². The molecular weight excluding hydrogens is 224 g/mol. The van der Waals surface area contributed by atoms with E-state index in [9.17, 15) is 10.2 Å². The Morgan fingerprint density at radius 3 is 2.17 bits per heavy atom. The maximum absolute atomic E-state index is 9.38. The fourth-order valence-electron chi connectivity index (χ4n) is 2.07. The fourth-order valence-corrected chi connectivity index (χ4v) is 2.07. The number of hydrogen-bond donors (Lipinski definition) is 2. The van der Waals surface area contributed by atoms with Crippen LogP contribution >= 0.6 is 0 Å². The lowest BCUT2D eigenvalue weighted by molar-refractivity contribution is 0.412. The summed E-state index contributed by atoms with van der Waals surface area (Å²) in [6.07, 6.45) is 3.84. The number of aliphatic hydroxyl groups excluding tert-OH is 1. The molecule has 0 amide bonds. The summed E-state index contributed by atoms with van der Waals surface area (Å²) in [5.41, 5.74) is 2.30. The highest BCUT2D eigenvalue weighted by atomic mass is 16.3. The Balaban J connectivity index is 2.92. The van der Waals surface area contributed by atoms with Crippen molar-refractivity contribution < 1.29 is 10.2 Å². The van der Waals surface area contributed by atoms with Crippen LogP contribution in [0.5, 0.6) is 5.75 Å². The molecule has 98 valence electrons. The van der Waals surface area contributed by atoms with Crippen molar-refractivity contribution >= 4 is 0 Å². The van der Waals surface area contributed by atoms with Gasteiger partial charge in [0.05, 0.1) is 5.76 Å². The molecule has 0 bridgehead atoms. The predicted octanol–water partition coefficient (Wildman–Crippen LogP) is 4.54. The summed E-state index contributed by atoms with van der Waals surface area (Å²) in [5.74, 6) is 1.25. The van der Waals surface area contributed by atoms with Gasteiger partial charge in [-0.05, 0) is 55.0 Å². The van der Waals surface area contributed by atoms with E-state index in [1.807, 2.05) is 31.2 Å². The summed E-state index contributed by atoms with van der Waals surface area (Å²) in [6.45, 7) is 7.96. The molecule has 0 aromatic heterocycles. The molecule has 0 heterocycles. The quantitative estimate of drug-likeness (QED) is 0.605. The van der Waals surface area contributed by atoms with Crippen LogP contribution in [-0.4, -0.2) is 10.2 Å². The van der Waals surface area contributed by atoms with Crippen LogP contribution in [0.25, 0.3) is 0 Å². The van der Waals surface area contributed by atoms with Crippen molar-refractivity contribution in [3.8, 4) is 5.75 Å². The fraction of sp³-hybridized carbons (Fsp3) is 0.375. The predicted molar refractivity (Wildman–Crippen MR) is 75.8 cm³/mol. The molecule has 18 heavy (non-hydrogen) atoms. The highest BCUT2D eigenvalue weighted by molar-refractivity contribution is 5.32. The number of phenols is 1. The van der Waals surface area contributed by atoms with E-state index >= 15 is 0 Å². The van der Waals surface area contributed by atoms with Crippen molar-refractivity contribution in [2.45, 2.75) is 33.6 Å². The molecule has 2 N–H and O–H groups in total. The van der Waals surface area contributed by atoms with Gasteiger partial charge >= 0.3 is 0 Å². The van der Waals surface area contributed by atoms with Gasteiger partial charge in [-0.1, -0.05) is 32.1 Å². The highest BCUT2D eigenvalue weighted by Gasteiger charge is 2.17. The number of benzene rings is 1. The SMILES string of the molecule is C/C=C(\C=C(/C)O)C(C)C(C)c1ccc(O)cc1. The van der Waals surface area contributed by atoms with Crippen LogP contribution in [0.4, 0.5) is 0 Å². The number of rotatable bonds is 4. The zero-order valence-corrected chi connectivity index (χ0v) is 11.5. The summed E-state index contributed by atoms with van der Waals surface area (Å²) in [6, 6.07) is 7.31. The Morgan fingerprint density at radius 2 is 1.72 bits per heavy atom. The maximum Gasteiger partial charge on any atom is 0.115 e. The van der Waals surface area contributed by atoms with Crippen LogP contribution in [0.3, 0.4) is 0 Å². The molecule has 0 fully saturated rings. The van der Waals surface area contributed by atoms with E-state index in [2.05, 4.69) is 13.8 Å². The summed E-state index contributed by atoms with van der Waals surface area (Å²) in [5, 5.41) is 18.7. The van der Waals surface area contributed by atoms with Gasteiger partial charge < -0.3 is 10.2 Å². The van der Waals surface area contributed by atoms with E-state index in [-0.39, 0.29) is 5.75 Å². The van der Waals surface area contributed by atoms with Crippen molar-refractivity contribution in [1.29, 1.82) is 0 Å². The average Bonchev–Trinajstić information content (AvgIpc) is 2.35. The van der Waals surface area contributed by atoms with E-state index in [0.29, 0.717) is 17.6 Å². The molecule has 1 aromatic carbocycles. The molecule has 1 aromatic rings. The Labute approximate surface area is 109 Å². The number of hydrogen-bond acceptors (Lipinski definition) is 2. The molecule has 0 aliphatic carbocycles. The molecule has 0 aliphatic rings. The molecule has 0 saturated heterocycles. The Bertz CT molecular complexity index is 437. The molecule has 1 rings (SSSR count). The van der Waals surface area contributed by atoms with Crippen LogP contribution < -0.4 is 0 Å². The van der Waals surface area contributed by atoms with Crippen LogP contribution in [0, 0.1) is 5.92 Å². The molecule has 2 heteroatoms. The van der Waals surface area contributed by atoms with Crippen molar-refractivity contribution in [3.05, 3.63) is 53.3 Å². The first kappa shape index (κ1) is 14.4. The lowest BCUT2D eigenvalue weighted by Crippen LogP contribution is -2.08. The first-order chi connectivity index (χ1) is 8.45. The zero-order valence-electron chi connectivity index (χ0n) is 11.5. The van der Waals surface area contributed by atoms with Gasteiger partial charge in [-0.15, -0.1) is 0 Å². The van der Waals surface area contributed by atoms with Crippen LogP contribution in [0.1, 0.15) is 39.2 Å². The van der Waals surface area contributed by atoms with Crippen LogP contribution in [0.15, 0.2) is 47.7 Å². The second-order valence-corrected chi connectivity index (χ2v) is 4.74. The Kier molecular flexibility index (Phi) is 5.02. The Morgan fingerprint density at radius 1 is 1.17 bits per heavy atom. The average molecular weight is 246 g/mol. The first-order valence-corrected chi connectivity index (χ1v) is 6.28. The molecule has 0 aliphatic heterocycles. The van der Waals surface area contributed by atoms with Crippen LogP contribution in [-0.2, 0) is 0 Å². The van der Waals surface area contributed by atoms with Gasteiger partial charge in [0.15, 0.2) is 0 Å². The lowest BCUT2D eigenvalue weighted by Gasteiger charge is -2.22. The second kappa shape index (κ2) is 6.29. The molecule has 2 unspecified atom stereocenters. The van der Waals surface area contributed by atoms with Crippen molar-refractivity contribution in [2.24, 2.45) is 5.92 Å². The van der Waals surface area contributed by atoms with Gasteiger partial charge in [0.2, 0.25) is 0 Å². The van der Waals surface area contributed by atoms with E-state index in [1.54, 1.807) is 19.1 Å². The van der Waals surface area contributed by atoms with E-state index in [0.717, 1.165) is 5.57 Å². The highest BCUT2D eigenvalue weighted by Crippen LogP contribution is 2.31. The summed E-state index contributed by atoms with van der Waals surface area (Å²) in [7, 11) is 0. The summed E-state index contributed by atoms with van der Waals surface area (Å²) < 4.78 is 0. The van der Waals surface area contributed by atoms with Crippen molar-refractivity contribution in [2.75, 3.05) is 0 Å². The topological polar surface area (TPSA) is 40.5 Å². The second-order valence-electron chi connectivity index (χ2n) is 4.74. The van der Waals surface area contributed by atoms with Gasteiger partial charge in [-0.25, -0.2) is 0 Å². The van der Waals surface area contributed by atoms with E-state index in [1.165, 1.54) is 5.56 Å². The molecule has 2 nitrogen and oxygen atoms in total. The Hall–Kier alpha value is -1.70. The summed E-state index contributed by atoms with van der Waals surface area (Å²) >= 11 is 0. The first-order valence-electron chi connectivity index (χ1n) is 6.28. The third-order valence-electron chi connectivity index (χ3n) is 3.40. The lowest BCUT2D eigenvalue weighted by atomic mass is 9.83. The minimum absolute atomic E-state index is 0.288. The molecular formula is C16H22O2. The summed E-state index contributed by atoms with van der Waals surface area (Å²) in [4.78, 5) is 0. The zero-order chi connectivity index (χ0) is 13.7. The number of allylic oxidation sites excluding steroid dienone is 4. The van der Waals surface area contributed by atoms with E-state index < -0.39 is 0 Å². The molecule has 0 saturated carbocycles. The van der Waals surface area contributed by atoms with Gasteiger partial charge in [0, 0.05) is 0 Å². The number of aromatic hydroxyl groups is 1. The molecule has 2 atom stereocenters. The largest absolute Gasteiger partial charge is 0.513 e. The monoisotopic (exact) mass is 246 g/mol. The minimum Gasteiger partial charge on any atom is -0.513 e. The molecule has 0 spiro atoms. The normalized spacial score (nSPS) is 16.4. The molecule has 0 radical (unpaired) electrons. The third kappa shape index (κ3) is 3.66. The maximum atomic E-state index is 9.38. The minimum atomic E-state index is 0.288. The smallest absolute Gasteiger partial charge is 0.115 e. The van der Waals surface area contributed by atoms with Crippen molar-refractivity contribution in [1.82, 2.24) is 0 Å². The van der Waals surface area contributed by atoms with Gasteiger partial charge in [-0.2, -0.15) is 0 Å². The van der Waals surface area contributed by atoms with Crippen LogP contribution in [0.2, 0.25) is 0 Å². The number of phenolic OH excluding ortho intramolecular Hbond substituents is 1. The van der Waals surface area contributed by atoms with Gasteiger partial charge in [0.1, 0.15) is 5.75 Å². The van der Waals surface area contributed by atoms with Crippen molar-refractivity contribution in [3.63, 3.8) is 0 Å². The van der Waals surface area contributed by atoms with Gasteiger partial charge in [-0.3, -0.25) is 0 Å². The standard InChI is InChI=1S/C16H22O2/c1-5-14(10-11(2)17)12(3)13(4)15-6-8-16(18)9-7-15/h5-10,12-13,17-18H,1-4H3/b11-10+,14-5+. The third-order valence-corrected chi connectivity index (χ3v) is 3.40. The number of aliphatic hydroxyl groups is 1.